The first-order valence-electron chi connectivity index (χ1n) is 4.29. The molecule has 1 aromatic rings. The number of hydrogen-bond donors (Lipinski definition) is 1. The molecule has 1 heterocycles. The first-order valence-corrected chi connectivity index (χ1v) is 5.17. The zero-order valence-corrected chi connectivity index (χ0v) is 8.68. The number of aliphatic hydroxyl groups excluding tert-OH is 1. The highest BCUT2D eigenvalue weighted by Gasteiger charge is 2.30. The summed E-state index contributed by atoms with van der Waals surface area (Å²) in [5.74, 6) is 0. The van der Waals surface area contributed by atoms with Gasteiger partial charge in [0.2, 0.25) is 0 Å². The van der Waals surface area contributed by atoms with Crippen molar-refractivity contribution in [1.82, 2.24) is 9.88 Å². The topological polar surface area (TPSA) is 36.4 Å². The molecule has 0 amide bonds. The molecule has 15 heavy (non-hydrogen) atoms. The molecule has 0 atom stereocenters. The van der Waals surface area contributed by atoms with E-state index in [0.717, 1.165) is 4.90 Å². The van der Waals surface area contributed by atoms with Crippen LogP contribution in [0.2, 0.25) is 0 Å². The fraction of sp³-hybridized carbons (Fsp3) is 0.625. The Balaban J connectivity index is 2.51. The van der Waals surface area contributed by atoms with Gasteiger partial charge < -0.3 is 5.11 Å². The second kappa shape index (κ2) is 5.43. The van der Waals surface area contributed by atoms with Gasteiger partial charge in [-0.25, -0.2) is 4.98 Å². The molecule has 0 fully saturated rings. The summed E-state index contributed by atoms with van der Waals surface area (Å²) in [5.41, 5.74) is 0. The number of aromatic nitrogens is 1. The van der Waals surface area contributed by atoms with E-state index in [0.29, 0.717) is 5.01 Å². The van der Waals surface area contributed by atoms with Crippen molar-refractivity contribution in [3.05, 3.63) is 16.6 Å². The first-order chi connectivity index (χ1) is 7.01. The van der Waals surface area contributed by atoms with E-state index in [1.165, 1.54) is 11.3 Å². The second-order valence-corrected chi connectivity index (χ2v) is 3.95. The third-order valence-corrected chi connectivity index (χ3v) is 2.43. The van der Waals surface area contributed by atoms with Gasteiger partial charge in [-0.3, -0.25) is 4.90 Å². The van der Waals surface area contributed by atoms with Crippen LogP contribution in [0, 0.1) is 0 Å². The van der Waals surface area contributed by atoms with Gasteiger partial charge in [-0.2, -0.15) is 13.2 Å². The molecule has 3 nitrogen and oxygen atoms in total. The Kier molecular flexibility index (Phi) is 4.49. The molecule has 1 aromatic heterocycles. The second-order valence-electron chi connectivity index (χ2n) is 2.98. The Morgan fingerprint density at radius 3 is 2.67 bits per heavy atom. The van der Waals surface area contributed by atoms with E-state index in [4.69, 9.17) is 5.11 Å². The number of hydrogen-bond acceptors (Lipinski definition) is 4. The molecule has 0 aliphatic rings. The number of halogens is 3. The van der Waals surface area contributed by atoms with E-state index in [-0.39, 0.29) is 19.7 Å². The van der Waals surface area contributed by atoms with Crippen molar-refractivity contribution in [2.75, 3.05) is 19.7 Å². The van der Waals surface area contributed by atoms with Crippen LogP contribution >= 0.6 is 11.3 Å². The monoisotopic (exact) mass is 240 g/mol. The van der Waals surface area contributed by atoms with Crippen LogP contribution in [0.25, 0.3) is 0 Å². The highest BCUT2D eigenvalue weighted by atomic mass is 32.1. The first kappa shape index (κ1) is 12.4. The van der Waals surface area contributed by atoms with Gasteiger partial charge in [0.05, 0.1) is 19.7 Å². The minimum atomic E-state index is -4.24. The van der Waals surface area contributed by atoms with Gasteiger partial charge in [-0.1, -0.05) is 0 Å². The Morgan fingerprint density at radius 2 is 2.20 bits per heavy atom. The predicted octanol–water partition coefficient (Wildman–Crippen LogP) is 1.50. The van der Waals surface area contributed by atoms with Crippen molar-refractivity contribution in [3.8, 4) is 0 Å². The quantitative estimate of drug-likeness (QED) is 0.847. The molecule has 0 bridgehead atoms. The molecule has 0 unspecified atom stereocenters. The summed E-state index contributed by atoms with van der Waals surface area (Å²) >= 11 is 1.30. The number of rotatable bonds is 5. The highest BCUT2D eigenvalue weighted by Crippen LogP contribution is 2.18. The summed E-state index contributed by atoms with van der Waals surface area (Å²) in [4.78, 5) is 5.02. The molecule has 0 aliphatic carbocycles. The Morgan fingerprint density at radius 1 is 1.47 bits per heavy atom. The molecule has 0 saturated heterocycles. The smallest absolute Gasteiger partial charge is 0.395 e. The lowest BCUT2D eigenvalue weighted by Gasteiger charge is -2.21. The fourth-order valence-electron chi connectivity index (χ4n) is 1.13. The summed E-state index contributed by atoms with van der Waals surface area (Å²) in [6, 6.07) is 0. The molecule has 0 radical (unpaired) electrons. The number of aliphatic hydroxyl groups is 1. The number of thiazole rings is 1. The van der Waals surface area contributed by atoms with E-state index < -0.39 is 12.7 Å². The van der Waals surface area contributed by atoms with Crippen LogP contribution in [-0.4, -0.2) is 40.9 Å². The molecule has 0 aromatic carbocycles. The Hall–Kier alpha value is -0.660. The van der Waals surface area contributed by atoms with Gasteiger partial charge in [0.1, 0.15) is 5.01 Å². The molecule has 1 N–H and O–H groups in total. The number of nitrogens with zero attached hydrogens (tertiary/aromatic N) is 2. The van der Waals surface area contributed by atoms with Crippen molar-refractivity contribution in [2.45, 2.75) is 12.7 Å². The van der Waals surface area contributed by atoms with E-state index in [1.807, 2.05) is 0 Å². The predicted molar refractivity (Wildman–Crippen MR) is 50.5 cm³/mol. The van der Waals surface area contributed by atoms with Crippen LogP contribution < -0.4 is 0 Å². The van der Waals surface area contributed by atoms with Gasteiger partial charge in [-0.05, 0) is 0 Å². The minimum Gasteiger partial charge on any atom is -0.395 e. The van der Waals surface area contributed by atoms with Gasteiger partial charge in [-0.15, -0.1) is 11.3 Å². The lowest BCUT2D eigenvalue weighted by atomic mass is 10.4. The van der Waals surface area contributed by atoms with Gasteiger partial charge in [0, 0.05) is 18.1 Å². The molecule has 0 spiro atoms. The van der Waals surface area contributed by atoms with Crippen LogP contribution in [0.5, 0.6) is 0 Å². The van der Waals surface area contributed by atoms with Crippen molar-refractivity contribution in [1.29, 1.82) is 0 Å². The standard InChI is InChI=1S/C8H11F3N2OS/c9-8(10,11)6-13(2-3-14)5-7-12-1-4-15-7/h1,4,14H,2-3,5-6H2. The van der Waals surface area contributed by atoms with Crippen LogP contribution in [0.4, 0.5) is 13.2 Å². The maximum atomic E-state index is 12.1. The molecule has 0 saturated carbocycles. The Bertz CT molecular complexity index is 276. The van der Waals surface area contributed by atoms with Crippen molar-refractivity contribution in [2.24, 2.45) is 0 Å². The Labute approximate surface area is 89.2 Å². The fourth-order valence-corrected chi connectivity index (χ4v) is 1.79. The normalized spacial score (nSPS) is 12.3. The summed E-state index contributed by atoms with van der Waals surface area (Å²) in [5, 5.41) is 11.0. The number of alkyl halides is 3. The van der Waals surface area contributed by atoms with Crippen LogP contribution in [0.1, 0.15) is 5.01 Å². The van der Waals surface area contributed by atoms with Crippen LogP contribution in [0.3, 0.4) is 0 Å². The largest absolute Gasteiger partial charge is 0.401 e. The molecule has 86 valence electrons. The minimum absolute atomic E-state index is 0.000903. The van der Waals surface area contributed by atoms with Crippen LogP contribution in [0.15, 0.2) is 11.6 Å². The van der Waals surface area contributed by atoms with Gasteiger partial charge >= 0.3 is 6.18 Å². The average Bonchev–Trinajstić information content (AvgIpc) is 2.54. The lowest BCUT2D eigenvalue weighted by Crippen LogP contribution is -2.35. The van der Waals surface area contributed by atoms with E-state index in [2.05, 4.69) is 4.98 Å². The van der Waals surface area contributed by atoms with E-state index in [1.54, 1.807) is 11.6 Å². The van der Waals surface area contributed by atoms with Gasteiger partial charge in [0.25, 0.3) is 0 Å². The van der Waals surface area contributed by atoms with Crippen molar-refractivity contribution >= 4 is 11.3 Å². The van der Waals surface area contributed by atoms with Crippen LogP contribution in [-0.2, 0) is 6.54 Å². The van der Waals surface area contributed by atoms with Gasteiger partial charge in [0.15, 0.2) is 0 Å². The molecular formula is C8H11F3N2OS. The highest BCUT2D eigenvalue weighted by molar-refractivity contribution is 7.09. The van der Waals surface area contributed by atoms with Crippen molar-refractivity contribution in [3.63, 3.8) is 0 Å². The van der Waals surface area contributed by atoms with Crippen molar-refractivity contribution < 1.29 is 18.3 Å². The molecule has 1 rings (SSSR count). The summed E-state index contributed by atoms with van der Waals surface area (Å²) < 4.78 is 36.4. The molecular weight excluding hydrogens is 229 g/mol. The molecule has 7 heteroatoms. The third-order valence-electron chi connectivity index (χ3n) is 1.66. The maximum absolute atomic E-state index is 12.1. The lowest BCUT2D eigenvalue weighted by molar-refractivity contribution is -0.147. The zero-order chi connectivity index (χ0) is 11.3. The maximum Gasteiger partial charge on any atom is 0.401 e. The third kappa shape index (κ3) is 5.10. The SMILES string of the molecule is OCCN(Cc1nccs1)CC(F)(F)F. The van der Waals surface area contributed by atoms with E-state index in [9.17, 15) is 13.2 Å². The zero-order valence-electron chi connectivity index (χ0n) is 7.87. The summed E-state index contributed by atoms with van der Waals surface area (Å²) in [6.07, 6.45) is -2.70. The average molecular weight is 240 g/mol. The summed E-state index contributed by atoms with van der Waals surface area (Å²) in [6.45, 7) is -1.19. The van der Waals surface area contributed by atoms with E-state index >= 15 is 0 Å². The molecule has 0 aliphatic heterocycles. The summed E-state index contributed by atoms with van der Waals surface area (Å²) in [7, 11) is 0.